The summed E-state index contributed by atoms with van der Waals surface area (Å²) < 4.78 is 43.5. The number of carbonyl (C=O) groups is 1. The minimum absolute atomic E-state index is 0.0222. The number of aliphatic hydroxyl groups excluding tert-OH is 1. The summed E-state index contributed by atoms with van der Waals surface area (Å²) in [7, 11) is -3.96. The SMILES string of the molecule is Cc1ccc(S(=O)(=O)N[C@H](Cc2ccccc2)C(=O)NCc2cccc(-c3ccc([C@@H]4O[C@H](CSc5nnc(C)s5)[C@H](C)[C@H](c5ccc(CO)cc5)O4)cc3)c2)cc1. The molecule has 0 unspecified atom stereocenters. The van der Waals surface area contributed by atoms with Gasteiger partial charge in [0.25, 0.3) is 0 Å². The predicted molar refractivity (Wildman–Crippen MR) is 227 cm³/mol. The number of ether oxygens (including phenoxy) is 2. The summed E-state index contributed by atoms with van der Waals surface area (Å²) in [5.74, 6) is 0.310. The standard InChI is InChI=1S/C45H46N4O6S3/c1-29-12-22-39(23-13-29)58(52,53)49-40(25-32-8-5-4-6-9-32)43(51)46-26-34-10-7-11-38(24-34)35-18-20-37(21-19-35)44-54-41(28-56-45-48-47-31(3)57-45)30(2)42(55-44)36-16-14-33(27-50)15-17-36/h4-24,30,40-42,44,49-50H,25-28H2,1-3H3,(H,46,51)/t30-,40+,41+,42+,44+/m0/s1. The van der Waals surface area contributed by atoms with Gasteiger partial charge in [-0.25, -0.2) is 8.42 Å². The maximum Gasteiger partial charge on any atom is 0.241 e. The Hall–Kier alpha value is -4.73. The van der Waals surface area contributed by atoms with E-state index in [1.165, 1.54) is 0 Å². The molecule has 3 N–H and O–H groups in total. The lowest BCUT2D eigenvalue weighted by Crippen LogP contribution is -2.47. The molecule has 5 aromatic carbocycles. The Kier molecular flexibility index (Phi) is 13.5. The fourth-order valence-corrected chi connectivity index (χ4v) is 10.0. The van der Waals surface area contributed by atoms with E-state index in [0.29, 0.717) is 5.75 Å². The predicted octanol–water partition coefficient (Wildman–Crippen LogP) is 8.10. The molecule has 1 aliphatic heterocycles. The first-order chi connectivity index (χ1) is 28.0. The van der Waals surface area contributed by atoms with Crippen LogP contribution in [0.3, 0.4) is 0 Å². The third-order valence-electron chi connectivity index (χ3n) is 10.1. The number of rotatable bonds is 15. The Morgan fingerprint density at radius 1 is 0.810 bits per heavy atom. The van der Waals surface area contributed by atoms with Gasteiger partial charge in [-0.2, -0.15) is 4.72 Å². The van der Waals surface area contributed by atoms with E-state index in [1.54, 1.807) is 47.4 Å². The lowest BCUT2D eigenvalue weighted by Gasteiger charge is -2.41. The molecule has 1 amide bonds. The summed E-state index contributed by atoms with van der Waals surface area (Å²) in [6, 6.07) is 38.8. The molecule has 7 rings (SSSR count). The zero-order chi connectivity index (χ0) is 40.6. The largest absolute Gasteiger partial charge is 0.392 e. The molecular weight excluding hydrogens is 789 g/mol. The van der Waals surface area contributed by atoms with Crippen LogP contribution < -0.4 is 10.0 Å². The minimum atomic E-state index is -3.96. The fraction of sp³-hybridized carbons (Fsp3) is 0.267. The van der Waals surface area contributed by atoms with Crippen molar-refractivity contribution in [2.45, 2.75) is 74.1 Å². The molecule has 10 nitrogen and oxygen atoms in total. The molecule has 2 heterocycles. The molecule has 0 aliphatic carbocycles. The van der Waals surface area contributed by atoms with Gasteiger partial charge in [0.05, 0.1) is 23.7 Å². The van der Waals surface area contributed by atoms with Crippen molar-refractivity contribution in [3.8, 4) is 11.1 Å². The van der Waals surface area contributed by atoms with E-state index in [4.69, 9.17) is 9.47 Å². The molecular formula is C45H46N4O6S3. The highest BCUT2D eigenvalue weighted by Crippen LogP contribution is 2.43. The van der Waals surface area contributed by atoms with Crippen LogP contribution in [0.2, 0.25) is 0 Å². The highest BCUT2D eigenvalue weighted by Gasteiger charge is 2.38. The van der Waals surface area contributed by atoms with Crippen molar-refractivity contribution in [2.75, 3.05) is 5.75 Å². The summed E-state index contributed by atoms with van der Waals surface area (Å²) in [6.07, 6.45) is -0.780. The number of benzene rings is 5. The number of nitrogens with zero attached hydrogens (tertiary/aromatic N) is 2. The molecule has 5 atom stereocenters. The third-order valence-corrected chi connectivity index (χ3v) is 13.7. The van der Waals surface area contributed by atoms with E-state index in [1.807, 2.05) is 117 Å². The summed E-state index contributed by atoms with van der Waals surface area (Å²) >= 11 is 3.20. The second kappa shape index (κ2) is 18.9. The quantitative estimate of drug-likeness (QED) is 0.0876. The number of aromatic nitrogens is 2. The molecule has 13 heteroatoms. The molecule has 1 aliphatic rings. The lowest BCUT2D eigenvalue weighted by molar-refractivity contribution is -0.268. The van der Waals surface area contributed by atoms with Crippen molar-refractivity contribution in [1.82, 2.24) is 20.2 Å². The maximum absolute atomic E-state index is 13.6. The molecule has 6 aromatic rings. The van der Waals surface area contributed by atoms with Crippen LogP contribution in [0.15, 0.2) is 137 Å². The number of thioether (sulfide) groups is 1. The third kappa shape index (κ3) is 10.5. The number of aliphatic hydroxyl groups is 1. The van der Waals surface area contributed by atoms with Crippen molar-refractivity contribution in [3.63, 3.8) is 0 Å². The van der Waals surface area contributed by atoms with Gasteiger partial charge >= 0.3 is 0 Å². The number of aryl methyl sites for hydroxylation is 2. The van der Waals surface area contributed by atoms with Crippen LogP contribution in [-0.2, 0) is 43.9 Å². The average Bonchev–Trinajstić information content (AvgIpc) is 3.67. The van der Waals surface area contributed by atoms with Gasteiger partial charge in [-0.15, -0.1) is 10.2 Å². The first kappa shape index (κ1) is 41.4. The summed E-state index contributed by atoms with van der Waals surface area (Å²) in [6.45, 7) is 6.16. The van der Waals surface area contributed by atoms with Gasteiger partial charge in [0.1, 0.15) is 11.0 Å². The van der Waals surface area contributed by atoms with Gasteiger partial charge in [-0.3, -0.25) is 4.79 Å². The number of sulfonamides is 1. The van der Waals surface area contributed by atoms with E-state index in [9.17, 15) is 18.3 Å². The number of nitrogens with one attached hydrogen (secondary N) is 2. The monoisotopic (exact) mass is 834 g/mol. The molecule has 1 fully saturated rings. The van der Waals surface area contributed by atoms with E-state index in [-0.39, 0.29) is 42.6 Å². The minimum Gasteiger partial charge on any atom is -0.392 e. The Balaban J connectivity index is 1.04. The number of carbonyl (C=O) groups excluding carboxylic acids is 1. The first-order valence-electron chi connectivity index (χ1n) is 19.1. The number of hydrogen-bond donors (Lipinski definition) is 3. The number of hydrogen-bond acceptors (Lipinski definition) is 10. The highest BCUT2D eigenvalue weighted by atomic mass is 32.2. The van der Waals surface area contributed by atoms with Gasteiger partial charge in [0, 0.05) is 23.8 Å². The smallest absolute Gasteiger partial charge is 0.241 e. The van der Waals surface area contributed by atoms with Gasteiger partial charge < -0.3 is 19.9 Å². The van der Waals surface area contributed by atoms with Crippen molar-refractivity contribution in [1.29, 1.82) is 0 Å². The second-order valence-electron chi connectivity index (χ2n) is 14.4. The van der Waals surface area contributed by atoms with Crippen molar-refractivity contribution in [3.05, 3.63) is 166 Å². The summed E-state index contributed by atoms with van der Waals surface area (Å²) in [5.41, 5.74) is 7.33. The fourth-order valence-electron chi connectivity index (χ4n) is 6.82. The maximum atomic E-state index is 13.6. The van der Waals surface area contributed by atoms with Crippen molar-refractivity contribution < 1.29 is 27.8 Å². The second-order valence-corrected chi connectivity index (χ2v) is 18.6. The first-order valence-corrected chi connectivity index (χ1v) is 22.4. The topological polar surface area (TPSA) is 140 Å². The van der Waals surface area contributed by atoms with Crippen molar-refractivity contribution in [2.24, 2.45) is 5.92 Å². The Morgan fingerprint density at radius 3 is 2.21 bits per heavy atom. The molecule has 0 saturated carbocycles. The van der Waals surface area contributed by atoms with Crippen LogP contribution in [0.1, 0.15) is 57.7 Å². The van der Waals surface area contributed by atoms with Crippen LogP contribution in [0, 0.1) is 19.8 Å². The Bertz CT molecular complexity index is 2390. The van der Waals surface area contributed by atoms with Crippen LogP contribution >= 0.6 is 23.1 Å². The van der Waals surface area contributed by atoms with E-state index >= 15 is 0 Å². The van der Waals surface area contributed by atoms with Gasteiger partial charge in [0.15, 0.2) is 10.6 Å². The Morgan fingerprint density at radius 2 is 1.52 bits per heavy atom. The molecule has 0 bridgehead atoms. The van der Waals surface area contributed by atoms with E-state index in [0.717, 1.165) is 53.9 Å². The zero-order valence-corrected chi connectivity index (χ0v) is 34.9. The molecule has 0 spiro atoms. The van der Waals surface area contributed by atoms with Crippen LogP contribution in [0.5, 0.6) is 0 Å². The molecule has 1 aromatic heterocycles. The highest BCUT2D eigenvalue weighted by molar-refractivity contribution is 8.01. The lowest BCUT2D eigenvalue weighted by atomic mass is 9.91. The molecule has 58 heavy (non-hydrogen) atoms. The van der Waals surface area contributed by atoms with Crippen molar-refractivity contribution >= 4 is 39.0 Å². The van der Waals surface area contributed by atoms with Crippen LogP contribution in [-0.4, -0.2) is 47.5 Å². The zero-order valence-electron chi connectivity index (χ0n) is 32.4. The number of amides is 1. The van der Waals surface area contributed by atoms with Gasteiger partial charge in [-0.05, 0) is 71.8 Å². The van der Waals surface area contributed by atoms with E-state index < -0.39 is 28.3 Å². The average molecular weight is 835 g/mol. The summed E-state index contributed by atoms with van der Waals surface area (Å²) in [4.78, 5) is 13.8. The van der Waals surface area contributed by atoms with Gasteiger partial charge in [0.2, 0.25) is 15.9 Å². The van der Waals surface area contributed by atoms with Crippen LogP contribution in [0.4, 0.5) is 0 Å². The Labute approximate surface area is 348 Å². The van der Waals surface area contributed by atoms with E-state index in [2.05, 4.69) is 27.2 Å². The van der Waals surface area contributed by atoms with Crippen LogP contribution in [0.25, 0.3) is 11.1 Å². The normalized spacial score (nSPS) is 18.8. The molecule has 1 saturated heterocycles. The molecule has 300 valence electrons. The summed E-state index contributed by atoms with van der Waals surface area (Å²) in [5, 5.41) is 21.9. The van der Waals surface area contributed by atoms with Gasteiger partial charge in [-0.1, -0.05) is 145 Å². The molecule has 0 radical (unpaired) electrons.